The molecule has 0 aromatic heterocycles. The Balaban J connectivity index is 1.71. The highest BCUT2D eigenvalue weighted by Crippen LogP contribution is 2.67. The summed E-state index contributed by atoms with van der Waals surface area (Å²) < 4.78 is 0. The molecule has 0 bridgehead atoms. The van der Waals surface area contributed by atoms with Gasteiger partial charge >= 0.3 is 0 Å². The number of hydrogen-bond acceptors (Lipinski definition) is 4. The fraction of sp³-hybridized carbons (Fsp3) is 0.905. The van der Waals surface area contributed by atoms with Crippen molar-refractivity contribution in [1.82, 2.24) is 0 Å². The maximum Gasteiger partial charge on any atom is 0.161 e. The van der Waals surface area contributed by atoms with E-state index in [9.17, 15) is 19.8 Å². The number of rotatable bonds is 1. The summed E-state index contributed by atoms with van der Waals surface area (Å²) in [4.78, 5) is 25.4. The summed E-state index contributed by atoms with van der Waals surface area (Å²) in [6.07, 6.45) is 5.92. The zero-order valence-electron chi connectivity index (χ0n) is 15.8. The minimum absolute atomic E-state index is 0.0105. The lowest BCUT2D eigenvalue weighted by molar-refractivity contribution is -0.176. The molecule has 4 fully saturated rings. The third-order valence-electron chi connectivity index (χ3n) is 9.18. The quantitative estimate of drug-likeness (QED) is 0.764. The van der Waals surface area contributed by atoms with Crippen molar-refractivity contribution in [2.24, 2.45) is 34.5 Å². The highest BCUT2D eigenvalue weighted by atomic mass is 16.3. The van der Waals surface area contributed by atoms with E-state index >= 15 is 0 Å². The molecule has 0 amide bonds. The first-order chi connectivity index (χ1) is 11.6. The largest absolute Gasteiger partial charge is 0.393 e. The van der Waals surface area contributed by atoms with Crippen LogP contribution in [0.2, 0.25) is 0 Å². The van der Waals surface area contributed by atoms with Gasteiger partial charge in [0.2, 0.25) is 0 Å². The Labute approximate surface area is 150 Å². The van der Waals surface area contributed by atoms with Crippen LogP contribution in [0.3, 0.4) is 0 Å². The average molecular weight is 348 g/mol. The molecule has 0 aliphatic heterocycles. The highest BCUT2D eigenvalue weighted by Gasteiger charge is 2.67. The van der Waals surface area contributed by atoms with Crippen LogP contribution in [0.4, 0.5) is 0 Å². The first kappa shape index (κ1) is 17.7. The van der Waals surface area contributed by atoms with Gasteiger partial charge in [-0.25, -0.2) is 0 Å². The molecule has 4 heteroatoms. The third-order valence-corrected chi connectivity index (χ3v) is 9.18. The van der Waals surface area contributed by atoms with Crippen LogP contribution < -0.4 is 0 Å². The fourth-order valence-electron chi connectivity index (χ4n) is 7.51. The molecule has 8 atom stereocenters. The molecule has 2 N–H and O–H groups in total. The minimum atomic E-state index is -1.26. The molecular formula is C21H32O4. The van der Waals surface area contributed by atoms with Crippen molar-refractivity contribution in [3.63, 3.8) is 0 Å². The summed E-state index contributed by atoms with van der Waals surface area (Å²) in [7, 11) is 0. The van der Waals surface area contributed by atoms with Crippen LogP contribution in [0.1, 0.15) is 72.1 Å². The van der Waals surface area contributed by atoms with E-state index in [1.165, 1.54) is 6.92 Å². The van der Waals surface area contributed by atoms with Gasteiger partial charge in [0.25, 0.3) is 0 Å². The van der Waals surface area contributed by atoms with Crippen LogP contribution in [0.5, 0.6) is 0 Å². The maximum atomic E-state index is 13.1. The molecule has 0 radical (unpaired) electrons. The molecule has 0 saturated heterocycles. The van der Waals surface area contributed by atoms with Crippen molar-refractivity contribution in [1.29, 1.82) is 0 Å². The molecule has 4 aliphatic rings. The zero-order valence-corrected chi connectivity index (χ0v) is 15.8. The summed E-state index contributed by atoms with van der Waals surface area (Å²) in [5.41, 5.74) is -1.60. The number of carbonyl (C=O) groups excluding carboxylic acids is 2. The van der Waals surface area contributed by atoms with E-state index in [0.717, 1.165) is 38.5 Å². The predicted molar refractivity (Wildman–Crippen MR) is 93.8 cm³/mol. The number of aliphatic hydroxyl groups is 2. The Morgan fingerprint density at radius 2 is 1.76 bits per heavy atom. The predicted octanol–water partition coefficient (Wildman–Crippen LogP) is 2.89. The molecule has 0 heterocycles. The SMILES string of the molecule is CC(=O)[C@@]1(O)CC[C@H]2[C@@H]3C(=O)C[C@H]4C[C@@H](O)CC[C@]4(C)[C@H]3CC[C@@]21C. The van der Waals surface area contributed by atoms with Gasteiger partial charge in [-0.1, -0.05) is 13.8 Å². The Bertz CT molecular complexity index is 615. The molecule has 25 heavy (non-hydrogen) atoms. The van der Waals surface area contributed by atoms with E-state index in [-0.39, 0.29) is 29.1 Å². The Kier molecular flexibility index (Phi) is 3.81. The van der Waals surface area contributed by atoms with Crippen molar-refractivity contribution < 1.29 is 19.8 Å². The number of hydrogen-bond donors (Lipinski definition) is 2. The average Bonchev–Trinajstić information content (AvgIpc) is 2.82. The molecule has 0 aromatic rings. The molecule has 0 unspecified atom stereocenters. The van der Waals surface area contributed by atoms with E-state index in [1.54, 1.807) is 0 Å². The first-order valence-electron chi connectivity index (χ1n) is 10.1. The van der Waals surface area contributed by atoms with E-state index < -0.39 is 11.0 Å². The van der Waals surface area contributed by atoms with Crippen molar-refractivity contribution in [2.75, 3.05) is 0 Å². The van der Waals surface area contributed by atoms with Gasteiger partial charge in [-0.3, -0.25) is 9.59 Å². The van der Waals surface area contributed by atoms with Crippen LogP contribution >= 0.6 is 0 Å². The Morgan fingerprint density at radius 1 is 1.08 bits per heavy atom. The first-order valence-corrected chi connectivity index (χ1v) is 10.1. The summed E-state index contributed by atoms with van der Waals surface area (Å²) in [5, 5.41) is 21.2. The van der Waals surface area contributed by atoms with Gasteiger partial charge in [-0.15, -0.1) is 0 Å². The number of Topliss-reactive ketones (excluding diaryl/α,β-unsaturated/α-hetero) is 2. The van der Waals surface area contributed by atoms with Crippen molar-refractivity contribution in [2.45, 2.75) is 83.8 Å². The molecular weight excluding hydrogens is 316 g/mol. The van der Waals surface area contributed by atoms with Crippen molar-refractivity contribution >= 4 is 11.6 Å². The van der Waals surface area contributed by atoms with Crippen LogP contribution in [0, 0.1) is 34.5 Å². The van der Waals surface area contributed by atoms with Crippen LogP contribution in [0.25, 0.3) is 0 Å². The van der Waals surface area contributed by atoms with Gasteiger partial charge in [-0.05, 0) is 75.0 Å². The Morgan fingerprint density at radius 3 is 2.44 bits per heavy atom. The molecule has 4 nitrogen and oxygen atoms in total. The molecule has 4 aliphatic carbocycles. The molecule has 4 rings (SSSR count). The summed E-state index contributed by atoms with van der Waals surface area (Å²) in [6, 6.07) is 0. The fourth-order valence-corrected chi connectivity index (χ4v) is 7.51. The van der Waals surface area contributed by atoms with Crippen molar-refractivity contribution in [3.05, 3.63) is 0 Å². The summed E-state index contributed by atoms with van der Waals surface area (Å²) in [5.74, 6) is 0.941. The van der Waals surface area contributed by atoms with E-state index in [2.05, 4.69) is 13.8 Å². The topological polar surface area (TPSA) is 74.6 Å². The number of carbonyl (C=O) groups is 2. The van der Waals surface area contributed by atoms with Crippen LogP contribution in [0.15, 0.2) is 0 Å². The number of fused-ring (bicyclic) bond motifs is 5. The Hall–Kier alpha value is -0.740. The molecule has 0 aromatic carbocycles. The van der Waals surface area contributed by atoms with Crippen LogP contribution in [-0.4, -0.2) is 33.5 Å². The number of aliphatic hydroxyl groups excluding tert-OH is 1. The monoisotopic (exact) mass is 348 g/mol. The summed E-state index contributed by atoms with van der Waals surface area (Å²) >= 11 is 0. The minimum Gasteiger partial charge on any atom is -0.393 e. The second-order valence-electron chi connectivity index (χ2n) is 9.95. The third kappa shape index (κ3) is 2.13. The zero-order chi connectivity index (χ0) is 18.2. The second-order valence-corrected chi connectivity index (χ2v) is 9.95. The lowest BCUT2D eigenvalue weighted by atomic mass is 9.44. The van der Waals surface area contributed by atoms with Crippen LogP contribution in [-0.2, 0) is 9.59 Å². The lowest BCUT2D eigenvalue weighted by Gasteiger charge is -2.60. The van der Waals surface area contributed by atoms with Crippen molar-refractivity contribution in [3.8, 4) is 0 Å². The van der Waals surface area contributed by atoms with Gasteiger partial charge in [0.1, 0.15) is 11.4 Å². The van der Waals surface area contributed by atoms with Gasteiger partial charge in [0.05, 0.1) is 6.10 Å². The summed E-state index contributed by atoms with van der Waals surface area (Å²) in [6.45, 7) is 5.89. The molecule has 4 saturated carbocycles. The van der Waals surface area contributed by atoms with Gasteiger partial charge in [0, 0.05) is 17.8 Å². The smallest absolute Gasteiger partial charge is 0.161 e. The molecule has 0 spiro atoms. The second kappa shape index (κ2) is 5.39. The van der Waals surface area contributed by atoms with Gasteiger partial charge < -0.3 is 10.2 Å². The van der Waals surface area contributed by atoms with E-state index in [4.69, 9.17) is 0 Å². The molecule has 140 valence electrons. The number of ketones is 2. The van der Waals surface area contributed by atoms with E-state index in [0.29, 0.717) is 30.5 Å². The van der Waals surface area contributed by atoms with Gasteiger partial charge in [-0.2, -0.15) is 0 Å². The highest BCUT2D eigenvalue weighted by molar-refractivity contribution is 5.88. The maximum absolute atomic E-state index is 13.1. The lowest BCUT2D eigenvalue weighted by Crippen LogP contribution is -2.60. The normalized spacial score (nSPS) is 55.2. The van der Waals surface area contributed by atoms with Gasteiger partial charge in [0.15, 0.2) is 5.78 Å². The standard InChI is InChI=1S/C21H32O4/c1-12(22)21(25)9-6-16-18-15(5-8-20(16,21)3)19(2)7-4-14(23)10-13(19)11-17(18)24/h13-16,18,23,25H,4-11H2,1-3H3/t13-,14+,15+,16+,18-,19+,20+,21+/m1/s1. The van der Waals surface area contributed by atoms with E-state index in [1.807, 2.05) is 0 Å².